The fourth-order valence-electron chi connectivity index (χ4n) is 4.71. The van der Waals surface area contributed by atoms with Crippen molar-refractivity contribution in [2.24, 2.45) is 5.73 Å². The van der Waals surface area contributed by atoms with Crippen molar-refractivity contribution in [1.29, 1.82) is 10.8 Å². The summed E-state index contributed by atoms with van der Waals surface area (Å²) in [5.74, 6) is -3.32. The Morgan fingerprint density at radius 1 is 1.00 bits per heavy atom. The predicted octanol–water partition coefficient (Wildman–Crippen LogP) is 2.70. The lowest BCUT2D eigenvalue weighted by Crippen LogP contribution is -2.40. The van der Waals surface area contributed by atoms with E-state index in [0.717, 1.165) is 22.2 Å². The Balaban J connectivity index is 0.00000294. The third-order valence-electron chi connectivity index (χ3n) is 6.71. The Hall–Kier alpha value is -3.61. The largest absolute Gasteiger partial charge is 0.549 e. The van der Waals surface area contributed by atoms with Gasteiger partial charge in [0, 0.05) is 37.8 Å². The first kappa shape index (κ1) is 33.6. The number of nitrogens with zero attached hydrogens (tertiary/aromatic N) is 3. The molecule has 1 saturated heterocycles. The van der Waals surface area contributed by atoms with Crippen molar-refractivity contribution in [2.75, 3.05) is 41.1 Å². The molecule has 3 aromatic rings. The van der Waals surface area contributed by atoms with Crippen LogP contribution in [0.5, 0.6) is 0 Å². The van der Waals surface area contributed by atoms with Crippen LogP contribution in [0.25, 0.3) is 10.8 Å². The van der Waals surface area contributed by atoms with Gasteiger partial charge in [-0.25, -0.2) is 12.8 Å². The molecular formula is C27H32Cl2FN6O4S-. The van der Waals surface area contributed by atoms with Crippen molar-refractivity contribution in [3.63, 3.8) is 0 Å². The lowest BCUT2D eigenvalue weighted by Gasteiger charge is -2.28. The van der Waals surface area contributed by atoms with Crippen LogP contribution in [0, 0.1) is 16.6 Å². The molecule has 0 aliphatic carbocycles. The number of aliphatic carboxylic acids is 1. The smallest absolute Gasteiger partial charge is 0.240 e. The number of carbonyl (C=O) groups is 1. The number of rotatable bonds is 8. The molecule has 0 atom stereocenters. The van der Waals surface area contributed by atoms with Crippen LogP contribution >= 0.6 is 24.8 Å². The number of halogens is 3. The van der Waals surface area contributed by atoms with Gasteiger partial charge < -0.3 is 25.4 Å². The Bertz CT molecular complexity index is 1560. The number of hydrogen-bond donors (Lipinski definition) is 3. The highest BCUT2D eigenvalue weighted by molar-refractivity contribution is 7.93. The summed E-state index contributed by atoms with van der Waals surface area (Å²) in [4.78, 5) is 15.0. The van der Waals surface area contributed by atoms with Crippen LogP contribution in [-0.2, 0) is 21.4 Å². The maximum Gasteiger partial charge on any atom is 0.240 e. The minimum atomic E-state index is -4.42. The van der Waals surface area contributed by atoms with Crippen molar-refractivity contribution >= 4 is 74.6 Å². The number of anilines is 2. The van der Waals surface area contributed by atoms with Gasteiger partial charge in [0.25, 0.3) is 0 Å². The number of nitrogens with one attached hydrogen (secondary N) is 2. The SMILES string of the molecule is CC(=N)N1CCCN(c2ccc(N(Cc3ccc4ccc(C(=N)N)cc4c3)S(=O)(=O)CC(=O)[O-])cc2F)CC1.Cl.Cl. The maximum absolute atomic E-state index is 15.4. The maximum atomic E-state index is 15.4. The summed E-state index contributed by atoms with van der Waals surface area (Å²) in [7, 11) is -4.42. The van der Waals surface area contributed by atoms with Crippen LogP contribution in [0.4, 0.5) is 15.8 Å². The number of benzene rings is 3. The van der Waals surface area contributed by atoms with Crippen LogP contribution < -0.4 is 20.0 Å². The molecule has 0 spiro atoms. The summed E-state index contributed by atoms with van der Waals surface area (Å²) in [5.41, 5.74) is 6.93. The Kier molecular flexibility index (Phi) is 11.3. The number of amidine groups is 2. The fourth-order valence-corrected chi connectivity index (χ4v) is 5.94. The summed E-state index contributed by atoms with van der Waals surface area (Å²) in [5, 5.41) is 28.4. The first-order valence-corrected chi connectivity index (χ1v) is 14.0. The average Bonchev–Trinajstić information content (AvgIpc) is 3.12. The van der Waals surface area contributed by atoms with E-state index >= 15 is 4.39 Å². The molecule has 0 unspecified atom stereocenters. The zero-order valence-electron chi connectivity index (χ0n) is 22.3. The lowest BCUT2D eigenvalue weighted by atomic mass is 10.0. The molecule has 1 aliphatic heterocycles. The molecule has 4 N–H and O–H groups in total. The Morgan fingerprint density at radius 2 is 1.71 bits per heavy atom. The Morgan fingerprint density at radius 3 is 2.34 bits per heavy atom. The van der Waals surface area contributed by atoms with E-state index in [2.05, 4.69) is 0 Å². The normalized spacial score (nSPS) is 13.5. The highest BCUT2D eigenvalue weighted by atomic mass is 35.5. The fraction of sp³-hybridized carbons (Fsp3) is 0.296. The molecule has 14 heteroatoms. The first-order chi connectivity index (χ1) is 18.4. The van der Waals surface area contributed by atoms with Gasteiger partial charge >= 0.3 is 0 Å². The number of carbonyl (C=O) groups excluding carboxylic acids is 1. The number of fused-ring (bicyclic) bond motifs is 1. The first-order valence-electron chi connectivity index (χ1n) is 12.4. The third kappa shape index (κ3) is 7.99. The van der Waals surface area contributed by atoms with Crippen LogP contribution in [-0.4, -0.2) is 62.9 Å². The van der Waals surface area contributed by atoms with Gasteiger partial charge in [0.2, 0.25) is 10.0 Å². The van der Waals surface area contributed by atoms with Crippen LogP contribution in [0.1, 0.15) is 24.5 Å². The molecule has 222 valence electrons. The van der Waals surface area contributed by atoms with Crippen molar-refractivity contribution in [3.8, 4) is 0 Å². The van der Waals surface area contributed by atoms with E-state index < -0.39 is 27.6 Å². The third-order valence-corrected chi connectivity index (χ3v) is 8.32. The van der Waals surface area contributed by atoms with Crippen molar-refractivity contribution < 1.29 is 22.7 Å². The zero-order chi connectivity index (χ0) is 28.3. The summed E-state index contributed by atoms with van der Waals surface area (Å²) in [6, 6.07) is 14.5. The van der Waals surface area contributed by atoms with Crippen molar-refractivity contribution in [3.05, 3.63) is 71.5 Å². The predicted molar refractivity (Wildman–Crippen MR) is 163 cm³/mol. The van der Waals surface area contributed by atoms with E-state index in [4.69, 9.17) is 16.6 Å². The summed E-state index contributed by atoms with van der Waals surface area (Å²) >= 11 is 0. The topological polar surface area (TPSA) is 158 Å². The summed E-state index contributed by atoms with van der Waals surface area (Å²) in [6.07, 6.45) is 0.733. The highest BCUT2D eigenvalue weighted by Crippen LogP contribution is 2.29. The molecule has 1 aliphatic rings. The summed E-state index contributed by atoms with van der Waals surface area (Å²) in [6.45, 7) is 3.80. The van der Waals surface area contributed by atoms with Gasteiger partial charge in [-0.15, -0.1) is 24.8 Å². The number of nitrogen functional groups attached to an aromatic ring is 1. The molecule has 1 heterocycles. The molecule has 41 heavy (non-hydrogen) atoms. The molecule has 10 nitrogen and oxygen atoms in total. The van der Waals surface area contributed by atoms with Gasteiger partial charge in [-0.2, -0.15) is 0 Å². The van der Waals surface area contributed by atoms with Gasteiger partial charge in [0.05, 0.1) is 29.7 Å². The molecule has 3 aromatic carbocycles. The molecule has 0 amide bonds. The van der Waals surface area contributed by atoms with Crippen LogP contribution in [0.2, 0.25) is 0 Å². The second-order valence-electron chi connectivity index (χ2n) is 9.49. The van der Waals surface area contributed by atoms with Gasteiger partial charge in [-0.1, -0.05) is 24.3 Å². The minimum absolute atomic E-state index is 0. The van der Waals surface area contributed by atoms with Gasteiger partial charge in [-0.3, -0.25) is 15.1 Å². The Labute approximate surface area is 250 Å². The summed E-state index contributed by atoms with van der Waals surface area (Å²) < 4.78 is 42.5. The lowest BCUT2D eigenvalue weighted by molar-refractivity contribution is -0.301. The monoisotopic (exact) mass is 625 g/mol. The number of sulfonamides is 1. The van der Waals surface area contributed by atoms with Crippen molar-refractivity contribution in [1.82, 2.24) is 4.90 Å². The van der Waals surface area contributed by atoms with Crippen LogP contribution in [0.3, 0.4) is 0 Å². The quantitative estimate of drug-likeness (QED) is 0.256. The second kappa shape index (κ2) is 13.8. The molecule has 0 radical (unpaired) electrons. The van der Waals surface area contributed by atoms with Gasteiger partial charge in [-0.05, 0) is 53.9 Å². The standard InChI is InChI=1S/C27H31FN6O4S.2ClH/c1-18(29)32-9-2-10-33(12-11-32)25-8-7-23(15-24(25)28)34(39(37,38)17-26(35)36)16-19-3-4-20-5-6-21(27(30)31)14-22(20)13-19;;/h3-8,13-15,29H,2,9-12,16-17H2,1H3,(H3,30,31)(H,35,36);2*1H/p-1. The molecule has 0 aromatic heterocycles. The highest BCUT2D eigenvalue weighted by Gasteiger charge is 2.26. The van der Waals surface area contributed by atoms with E-state index in [1.165, 1.54) is 12.1 Å². The van der Waals surface area contributed by atoms with Gasteiger partial charge in [0.1, 0.15) is 17.4 Å². The van der Waals surface area contributed by atoms with E-state index in [-0.39, 0.29) is 42.9 Å². The molecule has 4 rings (SSSR count). The average molecular weight is 627 g/mol. The second-order valence-corrected chi connectivity index (χ2v) is 11.4. The minimum Gasteiger partial charge on any atom is -0.549 e. The number of nitrogens with two attached hydrogens (primary N) is 1. The molecule has 0 bridgehead atoms. The molecule has 0 saturated carbocycles. The molecular weight excluding hydrogens is 594 g/mol. The van der Waals surface area contributed by atoms with E-state index in [9.17, 15) is 18.3 Å². The van der Waals surface area contributed by atoms with Crippen molar-refractivity contribution in [2.45, 2.75) is 19.9 Å². The van der Waals surface area contributed by atoms with E-state index in [1.54, 1.807) is 43.3 Å². The number of carboxylic acid groups (broad SMARTS) is 1. The molecule has 1 fully saturated rings. The number of hydrogen-bond acceptors (Lipinski definition) is 7. The van der Waals surface area contributed by atoms with E-state index in [0.29, 0.717) is 54.2 Å². The zero-order valence-corrected chi connectivity index (χ0v) is 24.8. The van der Waals surface area contributed by atoms with Gasteiger partial charge in [0.15, 0.2) is 0 Å². The number of carboxylic acids is 1. The van der Waals surface area contributed by atoms with Crippen LogP contribution in [0.15, 0.2) is 54.6 Å². The van der Waals surface area contributed by atoms with E-state index in [1.807, 2.05) is 9.80 Å².